The summed E-state index contributed by atoms with van der Waals surface area (Å²) in [6.45, 7) is 3.08. The van der Waals surface area contributed by atoms with Crippen LogP contribution in [0.2, 0.25) is 0 Å². The van der Waals surface area contributed by atoms with Gasteiger partial charge in [0.1, 0.15) is 0 Å². The fourth-order valence-electron chi connectivity index (χ4n) is 1.90. The summed E-state index contributed by atoms with van der Waals surface area (Å²) in [5.41, 5.74) is 0. The second-order valence-electron chi connectivity index (χ2n) is 4.67. The van der Waals surface area contributed by atoms with Gasteiger partial charge < -0.3 is 4.74 Å². The molecule has 98 valence electrons. The molecule has 0 unspecified atom stereocenters. The standard InChI is InChI=1S/C14H26N2O/c1-3-4-5-6-7-8-9-10-11-17-14-12-15-16(2)13-14/h12-13H,3-11H2,1-2H3. The van der Waals surface area contributed by atoms with E-state index in [-0.39, 0.29) is 0 Å². The highest BCUT2D eigenvalue weighted by Gasteiger charge is 1.96. The number of aromatic nitrogens is 2. The maximum atomic E-state index is 5.59. The first kappa shape index (κ1) is 14.1. The quantitative estimate of drug-likeness (QED) is 0.577. The zero-order chi connectivity index (χ0) is 12.3. The molecule has 0 radical (unpaired) electrons. The van der Waals surface area contributed by atoms with Crippen molar-refractivity contribution in [2.75, 3.05) is 6.61 Å². The lowest BCUT2D eigenvalue weighted by molar-refractivity contribution is 0.304. The van der Waals surface area contributed by atoms with E-state index in [4.69, 9.17) is 4.74 Å². The van der Waals surface area contributed by atoms with Gasteiger partial charge in [-0.15, -0.1) is 0 Å². The smallest absolute Gasteiger partial charge is 0.157 e. The Morgan fingerprint density at radius 3 is 2.29 bits per heavy atom. The van der Waals surface area contributed by atoms with Gasteiger partial charge >= 0.3 is 0 Å². The average molecular weight is 238 g/mol. The van der Waals surface area contributed by atoms with Crippen LogP contribution < -0.4 is 4.74 Å². The average Bonchev–Trinajstić information content (AvgIpc) is 2.73. The van der Waals surface area contributed by atoms with Gasteiger partial charge in [0, 0.05) is 7.05 Å². The van der Waals surface area contributed by atoms with Gasteiger partial charge in [-0.05, 0) is 6.42 Å². The molecule has 1 aromatic rings. The fraction of sp³-hybridized carbons (Fsp3) is 0.786. The maximum absolute atomic E-state index is 5.59. The summed E-state index contributed by atoms with van der Waals surface area (Å²) in [6, 6.07) is 0. The molecule has 0 atom stereocenters. The molecule has 1 heterocycles. The summed E-state index contributed by atoms with van der Waals surface area (Å²) in [6.07, 6.45) is 14.4. The Labute approximate surface area is 105 Å². The van der Waals surface area contributed by atoms with Crippen molar-refractivity contribution < 1.29 is 4.74 Å². The summed E-state index contributed by atoms with van der Waals surface area (Å²) < 4.78 is 7.36. The number of hydrogen-bond donors (Lipinski definition) is 0. The van der Waals surface area contributed by atoms with Gasteiger partial charge in [0.05, 0.1) is 19.0 Å². The maximum Gasteiger partial charge on any atom is 0.157 e. The van der Waals surface area contributed by atoms with Gasteiger partial charge in [-0.2, -0.15) is 5.10 Å². The van der Waals surface area contributed by atoms with Gasteiger partial charge in [0.15, 0.2) is 5.75 Å². The Morgan fingerprint density at radius 1 is 1.06 bits per heavy atom. The Kier molecular flexibility index (Phi) is 7.52. The van der Waals surface area contributed by atoms with Crippen LogP contribution in [0.15, 0.2) is 12.4 Å². The van der Waals surface area contributed by atoms with Crippen molar-refractivity contribution in [3.05, 3.63) is 12.4 Å². The summed E-state index contributed by atoms with van der Waals surface area (Å²) in [5, 5.41) is 4.07. The molecular formula is C14H26N2O. The third-order valence-electron chi connectivity index (χ3n) is 2.95. The highest BCUT2D eigenvalue weighted by atomic mass is 16.5. The first-order valence-electron chi connectivity index (χ1n) is 6.94. The number of hydrogen-bond acceptors (Lipinski definition) is 2. The van der Waals surface area contributed by atoms with Crippen molar-refractivity contribution in [1.82, 2.24) is 9.78 Å². The lowest BCUT2D eigenvalue weighted by atomic mass is 10.1. The van der Waals surface area contributed by atoms with Crippen LogP contribution in [-0.4, -0.2) is 16.4 Å². The number of ether oxygens (including phenoxy) is 1. The van der Waals surface area contributed by atoms with Crippen LogP contribution in [0.25, 0.3) is 0 Å². The molecule has 0 aliphatic rings. The summed E-state index contributed by atoms with van der Waals surface area (Å²) in [5.74, 6) is 0.885. The van der Waals surface area contributed by atoms with Crippen LogP contribution in [0.1, 0.15) is 58.3 Å². The highest BCUT2D eigenvalue weighted by Crippen LogP contribution is 2.10. The van der Waals surface area contributed by atoms with E-state index in [1.807, 2.05) is 13.2 Å². The Balaban J connectivity index is 1.84. The minimum atomic E-state index is 0.820. The lowest BCUT2D eigenvalue weighted by Crippen LogP contribution is -1.96. The van der Waals surface area contributed by atoms with Crippen molar-refractivity contribution in [1.29, 1.82) is 0 Å². The van der Waals surface area contributed by atoms with Crippen molar-refractivity contribution >= 4 is 0 Å². The molecule has 0 spiro atoms. The largest absolute Gasteiger partial charge is 0.490 e. The first-order valence-corrected chi connectivity index (χ1v) is 6.94. The topological polar surface area (TPSA) is 27.1 Å². The van der Waals surface area contributed by atoms with E-state index >= 15 is 0 Å². The van der Waals surface area contributed by atoms with E-state index in [9.17, 15) is 0 Å². The summed E-state index contributed by atoms with van der Waals surface area (Å²) in [4.78, 5) is 0. The van der Waals surface area contributed by atoms with E-state index in [1.54, 1.807) is 10.9 Å². The summed E-state index contributed by atoms with van der Waals surface area (Å²) >= 11 is 0. The molecule has 0 aromatic carbocycles. The minimum Gasteiger partial charge on any atom is -0.490 e. The molecule has 0 fully saturated rings. The molecule has 0 aliphatic heterocycles. The SMILES string of the molecule is CCCCCCCCCCOc1cnn(C)c1. The van der Waals surface area contributed by atoms with Crippen LogP contribution >= 0.6 is 0 Å². The Morgan fingerprint density at radius 2 is 1.71 bits per heavy atom. The van der Waals surface area contributed by atoms with Crippen LogP contribution in [0.5, 0.6) is 5.75 Å². The predicted octanol–water partition coefficient (Wildman–Crippen LogP) is 3.94. The molecule has 1 rings (SSSR count). The zero-order valence-electron chi connectivity index (χ0n) is 11.3. The number of unbranched alkanes of at least 4 members (excludes halogenated alkanes) is 7. The number of aryl methyl sites for hydroxylation is 1. The zero-order valence-corrected chi connectivity index (χ0v) is 11.3. The van der Waals surface area contributed by atoms with Gasteiger partial charge in [0.2, 0.25) is 0 Å². The van der Waals surface area contributed by atoms with E-state index < -0.39 is 0 Å². The van der Waals surface area contributed by atoms with Crippen LogP contribution in [0, 0.1) is 0 Å². The van der Waals surface area contributed by atoms with Crippen molar-refractivity contribution in [2.45, 2.75) is 58.3 Å². The van der Waals surface area contributed by atoms with E-state index in [0.717, 1.165) is 18.8 Å². The fourth-order valence-corrected chi connectivity index (χ4v) is 1.90. The van der Waals surface area contributed by atoms with Crippen molar-refractivity contribution in [2.24, 2.45) is 7.05 Å². The molecule has 0 N–H and O–H groups in total. The minimum absolute atomic E-state index is 0.820. The summed E-state index contributed by atoms with van der Waals surface area (Å²) in [7, 11) is 1.91. The molecule has 3 heteroatoms. The van der Waals surface area contributed by atoms with E-state index in [0.29, 0.717) is 0 Å². The van der Waals surface area contributed by atoms with Crippen LogP contribution in [-0.2, 0) is 7.05 Å². The van der Waals surface area contributed by atoms with Gasteiger partial charge in [-0.25, -0.2) is 0 Å². The van der Waals surface area contributed by atoms with Crippen molar-refractivity contribution in [3.8, 4) is 5.75 Å². The number of rotatable bonds is 10. The molecular weight excluding hydrogens is 212 g/mol. The van der Waals surface area contributed by atoms with Crippen LogP contribution in [0.3, 0.4) is 0 Å². The van der Waals surface area contributed by atoms with Gasteiger partial charge in [-0.3, -0.25) is 4.68 Å². The highest BCUT2D eigenvalue weighted by molar-refractivity contribution is 5.10. The molecule has 0 bridgehead atoms. The van der Waals surface area contributed by atoms with E-state index in [2.05, 4.69) is 12.0 Å². The second-order valence-corrected chi connectivity index (χ2v) is 4.67. The normalized spacial score (nSPS) is 10.7. The first-order chi connectivity index (χ1) is 8.33. The van der Waals surface area contributed by atoms with E-state index in [1.165, 1.54) is 44.9 Å². The van der Waals surface area contributed by atoms with Crippen LogP contribution in [0.4, 0.5) is 0 Å². The Bertz CT molecular complexity index is 284. The third kappa shape index (κ3) is 7.03. The molecule has 0 saturated carbocycles. The Hall–Kier alpha value is -0.990. The molecule has 1 aromatic heterocycles. The van der Waals surface area contributed by atoms with Gasteiger partial charge in [-0.1, -0.05) is 51.9 Å². The number of nitrogens with zero attached hydrogens (tertiary/aromatic N) is 2. The van der Waals surface area contributed by atoms with Crippen molar-refractivity contribution in [3.63, 3.8) is 0 Å². The molecule has 3 nitrogen and oxygen atoms in total. The lowest BCUT2D eigenvalue weighted by Gasteiger charge is -2.03. The molecule has 17 heavy (non-hydrogen) atoms. The molecule has 0 saturated heterocycles. The predicted molar refractivity (Wildman–Crippen MR) is 71.3 cm³/mol. The van der Waals surface area contributed by atoms with Gasteiger partial charge in [0.25, 0.3) is 0 Å². The second kappa shape index (κ2) is 9.08. The third-order valence-corrected chi connectivity index (χ3v) is 2.95. The molecule has 0 aliphatic carbocycles. The molecule has 0 amide bonds. The monoisotopic (exact) mass is 238 g/mol.